The highest BCUT2D eigenvalue weighted by molar-refractivity contribution is 6.34. The number of carbonyl (C=O) groups excluding carboxylic acids is 1. The third-order valence-corrected chi connectivity index (χ3v) is 2.69. The van der Waals surface area contributed by atoms with Crippen molar-refractivity contribution >= 4 is 29.2 Å². The molecule has 1 amide bonds. The predicted octanol–water partition coefficient (Wildman–Crippen LogP) is 1.37. The summed E-state index contributed by atoms with van der Waals surface area (Å²) < 4.78 is 0. The summed E-state index contributed by atoms with van der Waals surface area (Å²) in [7, 11) is 0. The summed E-state index contributed by atoms with van der Waals surface area (Å²) in [4.78, 5) is 33.4. The SMILES string of the molecule is O=C(O)c1ccc(NC(=O)c2ccc(=O)[nH]n2)c(Cl)c1. The van der Waals surface area contributed by atoms with Gasteiger partial charge < -0.3 is 10.4 Å². The number of aromatic carboxylic acids is 1. The van der Waals surface area contributed by atoms with Gasteiger partial charge in [-0.1, -0.05) is 11.6 Å². The molecule has 0 atom stereocenters. The molecule has 0 aliphatic rings. The van der Waals surface area contributed by atoms with Gasteiger partial charge in [-0.05, 0) is 24.3 Å². The lowest BCUT2D eigenvalue weighted by Gasteiger charge is -2.07. The molecule has 0 saturated carbocycles. The average molecular weight is 294 g/mol. The van der Waals surface area contributed by atoms with E-state index in [1.165, 1.54) is 24.3 Å². The molecule has 2 aromatic rings. The zero-order valence-corrected chi connectivity index (χ0v) is 10.6. The number of hydrogen-bond donors (Lipinski definition) is 3. The molecule has 0 bridgehead atoms. The number of aromatic nitrogens is 2. The van der Waals surface area contributed by atoms with Gasteiger partial charge in [-0.3, -0.25) is 9.59 Å². The van der Waals surface area contributed by atoms with E-state index in [0.717, 1.165) is 6.07 Å². The molecule has 1 heterocycles. The van der Waals surface area contributed by atoms with Crippen LogP contribution in [0.5, 0.6) is 0 Å². The Morgan fingerprint density at radius 2 is 2.00 bits per heavy atom. The summed E-state index contributed by atoms with van der Waals surface area (Å²) in [5.41, 5.74) is -0.168. The van der Waals surface area contributed by atoms with Crippen molar-refractivity contribution in [3.8, 4) is 0 Å². The van der Waals surface area contributed by atoms with Crippen LogP contribution in [0.2, 0.25) is 5.02 Å². The number of benzene rings is 1. The van der Waals surface area contributed by atoms with Gasteiger partial charge in [-0.25, -0.2) is 9.89 Å². The highest BCUT2D eigenvalue weighted by atomic mass is 35.5. The lowest BCUT2D eigenvalue weighted by molar-refractivity contribution is 0.0696. The van der Waals surface area contributed by atoms with Gasteiger partial charge in [-0.15, -0.1) is 0 Å². The van der Waals surface area contributed by atoms with Crippen molar-refractivity contribution in [1.82, 2.24) is 10.2 Å². The Labute approximate surface area is 117 Å². The number of carboxylic acid groups (broad SMARTS) is 1. The van der Waals surface area contributed by atoms with E-state index < -0.39 is 17.4 Å². The average Bonchev–Trinajstić information content (AvgIpc) is 2.41. The van der Waals surface area contributed by atoms with Crippen LogP contribution in [-0.4, -0.2) is 27.2 Å². The van der Waals surface area contributed by atoms with E-state index in [9.17, 15) is 14.4 Å². The molecule has 0 aliphatic carbocycles. The van der Waals surface area contributed by atoms with Gasteiger partial charge in [0, 0.05) is 6.07 Å². The minimum atomic E-state index is -1.12. The lowest BCUT2D eigenvalue weighted by Crippen LogP contribution is -2.17. The van der Waals surface area contributed by atoms with Crippen LogP contribution >= 0.6 is 11.6 Å². The van der Waals surface area contributed by atoms with E-state index in [4.69, 9.17) is 16.7 Å². The molecule has 1 aromatic heterocycles. The molecule has 0 unspecified atom stereocenters. The van der Waals surface area contributed by atoms with E-state index in [2.05, 4.69) is 15.5 Å². The third-order valence-electron chi connectivity index (χ3n) is 2.38. The number of nitrogens with one attached hydrogen (secondary N) is 2. The maximum absolute atomic E-state index is 11.8. The Bertz CT molecular complexity index is 721. The van der Waals surface area contributed by atoms with Gasteiger partial charge in [0.15, 0.2) is 0 Å². The minimum Gasteiger partial charge on any atom is -0.478 e. The van der Waals surface area contributed by atoms with Gasteiger partial charge in [-0.2, -0.15) is 5.10 Å². The number of carbonyl (C=O) groups is 2. The Balaban J connectivity index is 2.21. The van der Waals surface area contributed by atoms with Gasteiger partial charge in [0.25, 0.3) is 11.5 Å². The highest BCUT2D eigenvalue weighted by Crippen LogP contribution is 2.23. The van der Waals surface area contributed by atoms with Crippen molar-refractivity contribution < 1.29 is 14.7 Å². The topological polar surface area (TPSA) is 112 Å². The molecule has 0 fully saturated rings. The Morgan fingerprint density at radius 3 is 2.55 bits per heavy atom. The second-order valence-electron chi connectivity index (χ2n) is 3.76. The Hall–Kier alpha value is -2.67. The van der Waals surface area contributed by atoms with Crippen molar-refractivity contribution in [2.45, 2.75) is 0 Å². The standard InChI is InChI=1S/C12H8ClN3O4/c13-7-5-6(12(19)20)1-2-8(7)14-11(18)9-3-4-10(17)16-15-9/h1-5H,(H,14,18)(H,16,17)(H,19,20). The second kappa shape index (κ2) is 5.54. The molecule has 7 nitrogen and oxygen atoms in total. The largest absolute Gasteiger partial charge is 0.478 e. The van der Waals surface area contributed by atoms with Crippen LogP contribution in [0.1, 0.15) is 20.8 Å². The van der Waals surface area contributed by atoms with Crippen molar-refractivity contribution in [3.63, 3.8) is 0 Å². The summed E-state index contributed by atoms with van der Waals surface area (Å²) in [6, 6.07) is 6.32. The summed E-state index contributed by atoms with van der Waals surface area (Å²) in [6.45, 7) is 0. The molecule has 0 spiro atoms. The van der Waals surface area contributed by atoms with Crippen molar-refractivity contribution in [1.29, 1.82) is 0 Å². The molecule has 8 heteroatoms. The fraction of sp³-hybridized carbons (Fsp3) is 0. The second-order valence-corrected chi connectivity index (χ2v) is 4.17. The van der Waals surface area contributed by atoms with Crippen LogP contribution in [0.3, 0.4) is 0 Å². The molecule has 2 rings (SSSR count). The number of nitrogens with zero attached hydrogens (tertiary/aromatic N) is 1. The lowest BCUT2D eigenvalue weighted by atomic mass is 10.2. The van der Waals surface area contributed by atoms with Crippen LogP contribution in [-0.2, 0) is 0 Å². The quantitative estimate of drug-likeness (QED) is 0.791. The highest BCUT2D eigenvalue weighted by Gasteiger charge is 2.12. The molecular formula is C12H8ClN3O4. The molecule has 0 saturated heterocycles. The van der Waals surface area contributed by atoms with E-state index in [-0.39, 0.29) is 22.0 Å². The zero-order valence-electron chi connectivity index (χ0n) is 9.88. The van der Waals surface area contributed by atoms with Gasteiger partial charge in [0.05, 0.1) is 16.3 Å². The summed E-state index contributed by atoms with van der Waals surface area (Å²) in [5.74, 6) is -1.70. The van der Waals surface area contributed by atoms with E-state index in [1.54, 1.807) is 0 Å². The molecule has 0 radical (unpaired) electrons. The number of rotatable bonds is 3. The van der Waals surface area contributed by atoms with Gasteiger partial charge >= 0.3 is 5.97 Å². The van der Waals surface area contributed by atoms with Gasteiger partial charge in [0.2, 0.25) is 0 Å². The monoisotopic (exact) mass is 293 g/mol. The molecular weight excluding hydrogens is 286 g/mol. The first-order chi connectivity index (χ1) is 9.47. The number of amides is 1. The van der Waals surface area contributed by atoms with E-state index >= 15 is 0 Å². The maximum atomic E-state index is 11.8. The first-order valence-corrected chi connectivity index (χ1v) is 5.75. The zero-order chi connectivity index (χ0) is 14.7. The molecule has 102 valence electrons. The van der Waals surface area contributed by atoms with Crippen molar-refractivity contribution in [2.75, 3.05) is 5.32 Å². The van der Waals surface area contributed by atoms with Crippen LogP contribution in [0.15, 0.2) is 35.1 Å². The van der Waals surface area contributed by atoms with Crippen LogP contribution in [0, 0.1) is 0 Å². The predicted molar refractivity (Wildman–Crippen MR) is 71.2 cm³/mol. The third kappa shape index (κ3) is 3.01. The normalized spacial score (nSPS) is 10.1. The van der Waals surface area contributed by atoms with E-state index in [1.807, 2.05) is 0 Å². The minimum absolute atomic E-state index is 0.00276. The van der Waals surface area contributed by atoms with Crippen molar-refractivity contribution in [3.05, 3.63) is 57.0 Å². The fourth-order valence-electron chi connectivity index (χ4n) is 1.41. The first-order valence-electron chi connectivity index (χ1n) is 5.37. The summed E-state index contributed by atoms with van der Waals surface area (Å²) in [6.07, 6.45) is 0. The molecule has 20 heavy (non-hydrogen) atoms. The van der Waals surface area contributed by atoms with Crippen LogP contribution < -0.4 is 10.9 Å². The fourth-order valence-corrected chi connectivity index (χ4v) is 1.63. The summed E-state index contributed by atoms with van der Waals surface area (Å²) >= 11 is 5.87. The number of anilines is 1. The molecule has 3 N–H and O–H groups in total. The maximum Gasteiger partial charge on any atom is 0.335 e. The number of carboxylic acids is 1. The number of aromatic amines is 1. The Morgan fingerprint density at radius 1 is 1.25 bits per heavy atom. The van der Waals surface area contributed by atoms with E-state index in [0.29, 0.717) is 0 Å². The smallest absolute Gasteiger partial charge is 0.335 e. The van der Waals surface area contributed by atoms with Crippen LogP contribution in [0.25, 0.3) is 0 Å². The first kappa shape index (κ1) is 13.8. The van der Waals surface area contributed by atoms with Crippen molar-refractivity contribution in [2.24, 2.45) is 0 Å². The Kier molecular flexibility index (Phi) is 3.81. The number of halogens is 1. The number of H-pyrrole nitrogens is 1. The number of hydrogen-bond acceptors (Lipinski definition) is 4. The molecule has 0 aliphatic heterocycles. The van der Waals surface area contributed by atoms with Gasteiger partial charge in [0.1, 0.15) is 5.69 Å². The summed E-state index contributed by atoms with van der Waals surface area (Å²) in [5, 5.41) is 17.0. The van der Waals surface area contributed by atoms with Crippen LogP contribution in [0.4, 0.5) is 5.69 Å². The molecule has 1 aromatic carbocycles.